The van der Waals surface area contributed by atoms with Gasteiger partial charge < -0.3 is 20.2 Å². The monoisotopic (exact) mass is 315 g/mol. The molecule has 0 unspecified atom stereocenters. The zero-order valence-electron chi connectivity index (χ0n) is 12.9. The summed E-state index contributed by atoms with van der Waals surface area (Å²) in [6, 6.07) is 14.8. The van der Waals surface area contributed by atoms with E-state index in [2.05, 4.69) is 0 Å². The number of aromatic carboxylic acids is 1. The Bertz CT molecular complexity index is 616. The predicted molar refractivity (Wildman–Crippen MR) is 89.0 cm³/mol. The normalized spacial score (nSPS) is 10.5. The van der Waals surface area contributed by atoms with Crippen molar-refractivity contribution in [3.63, 3.8) is 0 Å². The molecule has 0 atom stereocenters. The summed E-state index contributed by atoms with van der Waals surface area (Å²) in [4.78, 5) is 12.8. The summed E-state index contributed by atoms with van der Waals surface area (Å²) < 4.78 is 0. The topological polar surface area (TPSA) is 81.0 Å². The van der Waals surface area contributed by atoms with Crippen LogP contribution in [0, 0.1) is 0 Å². The zero-order chi connectivity index (χ0) is 16.7. The molecule has 0 radical (unpaired) electrons. The Kier molecular flexibility index (Phi) is 6.14. The molecule has 0 saturated carbocycles. The summed E-state index contributed by atoms with van der Waals surface area (Å²) in [5, 5.41) is 27.0. The first-order valence-electron chi connectivity index (χ1n) is 7.52. The largest absolute Gasteiger partial charge is 0.478 e. The van der Waals surface area contributed by atoms with E-state index < -0.39 is 5.97 Å². The first-order chi connectivity index (χ1) is 11.1. The molecule has 0 heterocycles. The molecule has 5 nitrogen and oxygen atoms in total. The van der Waals surface area contributed by atoms with Crippen molar-refractivity contribution in [2.75, 3.05) is 31.2 Å². The highest BCUT2D eigenvalue weighted by molar-refractivity contribution is 5.87. The quantitative estimate of drug-likeness (QED) is 0.692. The van der Waals surface area contributed by atoms with E-state index in [0.717, 1.165) is 23.2 Å². The molecule has 0 fully saturated rings. The van der Waals surface area contributed by atoms with Crippen LogP contribution in [0.5, 0.6) is 0 Å². The predicted octanol–water partition coefficient (Wildman–Crippen LogP) is 1.77. The van der Waals surface area contributed by atoms with Gasteiger partial charge >= 0.3 is 5.97 Å². The van der Waals surface area contributed by atoms with Gasteiger partial charge in [-0.05, 0) is 41.8 Å². The second kappa shape index (κ2) is 8.31. The Hall–Kier alpha value is -2.37. The van der Waals surface area contributed by atoms with Crippen molar-refractivity contribution in [2.24, 2.45) is 0 Å². The molecule has 0 amide bonds. The molecule has 0 aliphatic heterocycles. The maximum atomic E-state index is 10.8. The van der Waals surface area contributed by atoms with Gasteiger partial charge in [-0.3, -0.25) is 0 Å². The van der Waals surface area contributed by atoms with E-state index in [1.54, 1.807) is 12.1 Å². The number of carboxylic acid groups (broad SMARTS) is 1. The number of carbonyl (C=O) groups is 1. The summed E-state index contributed by atoms with van der Waals surface area (Å²) >= 11 is 0. The highest BCUT2D eigenvalue weighted by Crippen LogP contribution is 2.17. The highest BCUT2D eigenvalue weighted by atomic mass is 16.4. The fraction of sp³-hybridized carbons (Fsp3) is 0.278. The Morgan fingerprint density at radius 1 is 0.826 bits per heavy atom. The van der Waals surface area contributed by atoms with Crippen LogP contribution in [0.4, 0.5) is 5.69 Å². The average Bonchev–Trinajstić information content (AvgIpc) is 2.56. The van der Waals surface area contributed by atoms with Crippen LogP contribution in [0.25, 0.3) is 0 Å². The summed E-state index contributed by atoms with van der Waals surface area (Å²) in [5.41, 5.74) is 3.40. The third kappa shape index (κ3) is 4.81. The lowest BCUT2D eigenvalue weighted by atomic mass is 10.0. The van der Waals surface area contributed by atoms with E-state index in [4.69, 9.17) is 15.3 Å². The van der Waals surface area contributed by atoms with Crippen molar-refractivity contribution in [1.82, 2.24) is 0 Å². The molecule has 2 aromatic carbocycles. The number of anilines is 1. The number of hydrogen-bond donors (Lipinski definition) is 3. The molecule has 0 aliphatic rings. The van der Waals surface area contributed by atoms with Gasteiger partial charge in [-0.1, -0.05) is 24.3 Å². The van der Waals surface area contributed by atoms with Gasteiger partial charge in [0.15, 0.2) is 0 Å². The van der Waals surface area contributed by atoms with Crippen LogP contribution >= 0.6 is 0 Å². The molecule has 2 aromatic rings. The van der Waals surface area contributed by atoms with E-state index >= 15 is 0 Å². The Morgan fingerprint density at radius 2 is 1.30 bits per heavy atom. The van der Waals surface area contributed by atoms with Gasteiger partial charge in [0, 0.05) is 18.8 Å². The van der Waals surface area contributed by atoms with Crippen LogP contribution in [0.3, 0.4) is 0 Å². The summed E-state index contributed by atoms with van der Waals surface area (Å²) in [6.45, 7) is 1.04. The SMILES string of the molecule is O=C(O)c1ccc(Cc2ccc(N(CCO)CCO)cc2)cc1. The van der Waals surface area contributed by atoms with Crippen molar-refractivity contribution < 1.29 is 20.1 Å². The van der Waals surface area contributed by atoms with Crippen LogP contribution in [0.2, 0.25) is 0 Å². The Morgan fingerprint density at radius 3 is 1.74 bits per heavy atom. The van der Waals surface area contributed by atoms with Crippen LogP contribution in [0.15, 0.2) is 48.5 Å². The van der Waals surface area contributed by atoms with Crippen molar-refractivity contribution >= 4 is 11.7 Å². The number of nitrogens with zero attached hydrogens (tertiary/aromatic N) is 1. The van der Waals surface area contributed by atoms with E-state index in [0.29, 0.717) is 13.1 Å². The second-order valence-corrected chi connectivity index (χ2v) is 5.28. The van der Waals surface area contributed by atoms with Gasteiger partial charge in [0.2, 0.25) is 0 Å². The summed E-state index contributed by atoms with van der Waals surface area (Å²) in [6.07, 6.45) is 0.722. The maximum Gasteiger partial charge on any atom is 0.335 e. The average molecular weight is 315 g/mol. The lowest BCUT2D eigenvalue weighted by Crippen LogP contribution is -2.29. The summed E-state index contributed by atoms with van der Waals surface area (Å²) in [5.74, 6) is -0.922. The number of benzene rings is 2. The first kappa shape index (κ1) is 17.0. The number of hydrogen-bond acceptors (Lipinski definition) is 4. The molecule has 3 N–H and O–H groups in total. The van der Waals surface area contributed by atoms with E-state index in [1.807, 2.05) is 41.3 Å². The lowest BCUT2D eigenvalue weighted by molar-refractivity contribution is 0.0697. The van der Waals surface area contributed by atoms with Crippen LogP contribution in [-0.2, 0) is 6.42 Å². The van der Waals surface area contributed by atoms with Gasteiger partial charge in [0.25, 0.3) is 0 Å². The minimum atomic E-state index is -0.922. The van der Waals surface area contributed by atoms with Gasteiger partial charge in [0.05, 0.1) is 18.8 Å². The molecule has 5 heteroatoms. The smallest absolute Gasteiger partial charge is 0.335 e. The highest BCUT2D eigenvalue weighted by Gasteiger charge is 2.06. The number of aliphatic hydroxyl groups excluding tert-OH is 2. The molecule has 0 spiro atoms. The Labute approximate surface area is 135 Å². The molecule has 0 saturated heterocycles. The van der Waals surface area contributed by atoms with E-state index in [1.165, 1.54) is 0 Å². The minimum Gasteiger partial charge on any atom is -0.478 e. The molecule has 0 aromatic heterocycles. The van der Waals surface area contributed by atoms with Gasteiger partial charge in [-0.15, -0.1) is 0 Å². The summed E-state index contributed by atoms with van der Waals surface area (Å²) in [7, 11) is 0. The van der Waals surface area contributed by atoms with Crippen molar-refractivity contribution in [3.8, 4) is 0 Å². The van der Waals surface area contributed by atoms with Gasteiger partial charge in [-0.2, -0.15) is 0 Å². The van der Waals surface area contributed by atoms with Gasteiger partial charge in [-0.25, -0.2) is 4.79 Å². The third-order valence-electron chi connectivity index (χ3n) is 3.65. The van der Waals surface area contributed by atoms with Crippen molar-refractivity contribution in [3.05, 3.63) is 65.2 Å². The first-order valence-corrected chi connectivity index (χ1v) is 7.52. The molecule has 0 bridgehead atoms. The van der Waals surface area contributed by atoms with Crippen molar-refractivity contribution in [1.29, 1.82) is 0 Å². The molecular weight excluding hydrogens is 294 g/mol. The number of aliphatic hydroxyl groups is 2. The fourth-order valence-electron chi connectivity index (χ4n) is 2.44. The molecule has 122 valence electrons. The van der Waals surface area contributed by atoms with Crippen molar-refractivity contribution in [2.45, 2.75) is 6.42 Å². The molecule has 0 aliphatic carbocycles. The van der Waals surface area contributed by atoms with Crippen LogP contribution in [-0.4, -0.2) is 47.6 Å². The second-order valence-electron chi connectivity index (χ2n) is 5.28. The van der Waals surface area contributed by atoms with E-state index in [9.17, 15) is 4.79 Å². The maximum absolute atomic E-state index is 10.8. The minimum absolute atomic E-state index is 0.0394. The molecule has 23 heavy (non-hydrogen) atoms. The van der Waals surface area contributed by atoms with E-state index in [-0.39, 0.29) is 18.8 Å². The zero-order valence-corrected chi connectivity index (χ0v) is 12.9. The van der Waals surface area contributed by atoms with Crippen LogP contribution in [0.1, 0.15) is 21.5 Å². The Balaban J connectivity index is 2.05. The van der Waals surface area contributed by atoms with Gasteiger partial charge in [0.1, 0.15) is 0 Å². The molecular formula is C18H21NO4. The lowest BCUT2D eigenvalue weighted by Gasteiger charge is -2.23. The van der Waals surface area contributed by atoms with Crippen LogP contribution < -0.4 is 4.90 Å². The fourth-order valence-corrected chi connectivity index (χ4v) is 2.44. The molecule has 2 rings (SSSR count). The standard InChI is InChI=1S/C18H21NO4/c20-11-9-19(10-12-21)17-7-3-15(4-8-17)13-14-1-5-16(6-2-14)18(22)23/h1-8,20-21H,9-13H2,(H,22,23). The third-order valence-corrected chi connectivity index (χ3v) is 3.65. The number of carboxylic acids is 1. The number of rotatable bonds is 8.